The van der Waals surface area contributed by atoms with E-state index in [9.17, 15) is 9.90 Å². The summed E-state index contributed by atoms with van der Waals surface area (Å²) in [5, 5.41) is 9.23. The van der Waals surface area contributed by atoms with Crippen molar-refractivity contribution in [3.05, 3.63) is 36.4 Å². The van der Waals surface area contributed by atoms with E-state index in [-0.39, 0.29) is 18.4 Å². The predicted molar refractivity (Wildman–Crippen MR) is 70.9 cm³/mol. The van der Waals surface area contributed by atoms with Crippen LogP contribution in [0.1, 0.15) is 23.2 Å². The molecule has 3 rings (SSSR count). The summed E-state index contributed by atoms with van der Waals surface area (Å²) in [6.07, 6.45) is 7.27. The second-order valence-corrected chi connectivity index (χ2v) is 5.08. The number of nitrogens with zero attached hydrogens (tertiary/aromatic N) is 3. The Labute approximate surface area is 111 Å². The van der Waals surface area contributed by atoms with Crippen LogP contribution >= 0.6 is 0 Å². The fraction of sp³-hybridized carbons (Fsp3) is 0.429. The van der Waals surface area contributed by atoms with Crippen molar-refractivity contribution < 1.29 is 9.90 Å². The molecule has 1 fully saturated rings. The Hall–Kier alpha value is -1.88. The summed E-state index contributed by atoms with van der Waals surface area (Å²) in [5.41, 5.74) is 1.60. The van der Waals surface area contributed by atoms with E-state index in [1.165, 1.54) is 0 Å². The fourth-order valence-electron chi connectivity index (χ4n) is 2.63. The third kappa shape index (κ3) is 2.33. The lowest BCUT2D eigenvalue weighted by atomic mass is 9.98. The van der Waals surface area contributed by atoms with Gasteiger partial charge in [-0.05, 0) is 30.9 Å². The molecule has 100 valence electrons. The third-order valence-electron chi connectivity index (χ3n) is 3.73. The van der Waals surface area contributed by atoms with Crippen molar-refractivity contribution >= 4 is 11.4 Å². The molecular formula is C14H17N3O2. The third-order valence-corrected chi connectivity index (χ3v) is 3.73. The first-order valence-electron chi connectivity index (χ1n) is 6.60. The molecule has 1 amide bonds. The van der Waals surface area contributed by atoms with E-state index < -0.39 is 0 Å². The average molecular weight is 259 g/mol. The van der Waals surface area contributed by atoms with Crippen molar-refractivity contribution in [2.45, 2.75) is 12.8 Å². The monoisotopic (exact) mass is 259 g/mol. The maximum atomic E-state index is 12.4. The first-order valence-corrected chi connectivity index (χ1v) is 6.60. The summed E-state index contributed by atoms with van der Waals surface area (Å²) in [7, 11) is 0. The molecule has 5 nitrogen and oxygen atoms in total. The highest BCUT2D eigenvalue weighted by molar-refractivity contribution is 5.95. The average Bonchev–Trinajstić information content (AvgIpc) is 2.94. The Morgan fingerprint density at radius 3 is 3.26 bits per heavy atom. The molecule has 0 saturated carbocycles. The maximum Gasteiger partial charge on any atom is 0.253 e. The van der Waals surface area contributed by atoms with Crippen LogP contribution < -0.4 is 0 Å². The number of aromatic nitrogens is 2. The van der Waals surface area contributed by atoms with Gasteiger partial charge in [-0.25, -0.2) is 4.98 Å². The molecule has 19 heavy (non-hydrogen) atoms. The molecule has 2 aromatic heterocycles. The topological polar surface area (TPSA) is 57.8 Å². The van der Waals surface area contributed by atoms with Gasteiger partial charge in [-0.2, -0.15) is 0 Å². The first-order chi connectivity index (χ1) is 9.28. The second kappa shape index (κ2) is 5.01. The van der Waals surface area contributed by atoms with Crippen LogP contribution in [-0.2, 0) is 0 Å². The standard InChI is InChI=1S/C14H17N3O2/c18-9-11-2-1-4-16(8-11)14(19)12-3-5-17-10-15-7-13(17)6-12/h3,5-7,10-11,18H,1-2,4,8-9H2. The number of amides is 1. The number of pyridine rings is 1. The largest absolute Gasteiger partial charge is 0.396 e. The van der Waals surface area contributed by atoms with Gasteiger partial charge in [0, 0.05) is 31.5 Å². The number of aliphatic hydroxyl groups excluding tert-OH is 1. The molecule has 0 bridgehead atoms. The Balaban J connectivity index is 1.82. The minimum absolute atomic E-state index is 0.0434. The molecular weight excluding hydrogens is 242 g/mol. The number of piperidine rings is 1. The maximum absolute atomic E-state index is 12.4. The Morgan fingerprint density at radius 1 is 1.53 bits per heavy atom. The molecule has 1 N–H and O–H groups in total. The lowest BCUT2D eigenvalue weighted by molar-refractivity contribution is 0.0620. The van der Waals surface area contributed by atoms with Crippen molar-refractivity contribution in [3.63, 3.8) is 0 Å². The predicted octanol–water partition coefficient (Wildman–Crippen LogP) is 1.18. The molecule has 0 radical (unpaired) electrons. The van der Waals surface area contributed by atoms with Gasteiger partial charge >= 0.3 is 0 Å². The summed E-state index contributed by atoms with van der Waals surface area (Å²) in [6, 6.07) is 3.68. The highest BCUT2D eigenvalue weighted by atomic mass is 16.3. The number of fused-ring (bicyclic) bond motifs is 1. The van der Waals surface area contributed by atoms with Crippen molar-refractivity contribution in [2.75, 3.05) is 19.7 Å². The molecule has 1 unspecified atom stereocenters. The van der Waals surface area contributed by atoms with E-state index in [0.29, 0.717) is 12.1 Å². The highest BCUT2D eigenvalue weighted by Crippen LogP contribution is 2.18. The lowest BCUT2D eigenvalue weighted by Gasteiger charge is -2.31. The van der Waals surface area contributed by atoms with Crippen LogP contribution in [0.15, 0.2) is 30.9 Å². The number of hydrogen-bond acceptors (Lipinski definition) is 3. The van der Waals surface area contributed by atoms with Gasteiger partial charge in [-0.3, -0.25) is 4.79 Å². The molecule has 2 aromatic rings. The molecule has 3 heterocycles. The van der Waals surface area contributed by atoms with Gasteiger partial charge in [0.1, 0.15) is 0 Å². The van der Waals surface area contributed by atoms with E-state index in [1.807, 2.05) is 27.6 Å². The molecule has 1 aliphatic rings. The first kappa shape index (κ1) is 12.2. The van der Waals surface area contributed by atoms with Crippen LogP contribution in [0.2, 0.25) is 0 Å². The van der Waals surface area contributed by atoms with Crippen LogP contribution in [0, 0.1) is 5.92 Å². The zero-order chi connectivity index (χ0) is 13.2. The summed E-state index contributed by atoms with van der Waals surface area (Å²) in [4.78, 5) is 18.3. The fourth-order valence-corrected chi connectivity index (χ4v) is 2.63. The van der Waals surface area contributed by atoms with E-state index in [4.69, 9.17) is 0 Å². The molecule has 0 spiro atoms. The van der Waals surface area contributed by atoms with Gasteiger partial charge in [-0.1, -0.05) is 0 Å². The van der Waals surface area contributed by atoms with E-state index in [2.05, 4.69) is 4.98 Å². The number of hydrogen-bond donors (Lipinski definition) is 1. The van der Waals surface area contributed by atoms with Crippen molar-refractivity contribution in [2.24, 2.45) is 5.92 Å². The lowest BCUT2D eigenvalue weighted by Crippen LogP contribution is -2.40. The molecule has 0 aromatic carbocycles. The highest BCUT2D eigenvalue weighted by Gasteiger charge is 2.24. The van der Waals surface area contributed by atoms with Gasteiger partial charge in [0.25, 0.3) is 5.91 Å². The Kier molecular flexibility index (Phi) is 3.21. The van der Waals surface area contributed by atoms with Crippen LogP contribution in [0.3, 0.4) is 0 Å². The molecule has 1 saturated heterocycles. The van der Waals surface area contributed by atoms with E-state index >= 15 is 0 Å². The smallest absolute Gasteiger partial charge is 0.253 e. The summed E-state index contributed by atoms with van der Waals surface area (Å²) in [5.74, 6) is 0.262. The van der Waals surface area contributed by atoms with Gasteiger partial charge in [0.15, 0.2) is 0 Å². The molecule has 0 aliphatic carbocycles. The SMILES string of the molecule is O=C(c1ccn2cncc2c1)N1CCCC(CO)C1. The number of aliphatic hydroxyl groups is 1. The molecule has 1 atom stereocenters. The van der Waals surface area contributed by atoms with Gasteiger partial charge < -0.3 is 14.4 Å². The number of likely N-dealkylation sites (tertiary alicyclic amines) is 1. The molecule has 1 aliphatic heterocycles. The van der Waals surface area contributed by atoms with Crippen LogP contribution in [-0.4, -0.2) is 45.0 Å². The van der Waals surface area contributed by atoms with E-state index in [0.717, 1.165) is 24.9 Å². The summed E-state index contributed by atoms with van der Waals surface area (Å²) >= 11 is 0. The number of carbonyl (C=O) groups excluding carboxylic acids is 1. The van der Waals surface area contributed by atoms with Crippen molar-refractivity contribution in [1.82, 2.24) is 14.3 Å². The zero-order valence-corrected chi connectivity index (χ0v) is 10.7. The Morgan fingerprint density at radius 2 is 2.42 bits per heavy atom. The van der Waals surface area contributed by atoms with Crippen LogP contribution in [0.5, 0.6) is 0 Å². The van der Waals surface area contributed by atoms with Crippen molar-refractivity contribution in [3.8, 4) is 0 Å². The normalized spacial score (nSPS) is 19.8. The van der Waals surface area contributed by atoms with E-state index in [1.54, 1.807) is 12.5 Å². The summed E-state index contributed by atoms with van der Waals surface area (Å²) < 4.78 is 1.88. The number of rotatable bonds is 2. The number of imidazole rings is 1. The van der Waals surface area contributed by atoms with Crippen LogP contribution in [0.25, 0.3) is 5.52 Å². The van der Waals surface area contributed by atoms with Gasteiger partial charge in [-0.15, -0.1) is 0 Å². The van der Waals surface area contributed by atoms with Crippen molar-refractivity contribution in [1.29, 1.82) is 0 Å². The quantitative estimate of drug-likeness (QED) is 0.881. The number of carbonyl (C=O) groups is 1. The summed E-state index contributed by atoms with van der Waals surface area (Å²) in [6.45, 7) is 1.59. The van der Waals surface area contributed by atoms with Gasteiger partial charge in [0.05, 0.1) is 18.0 Å². The minimum Gasteiger partial charge on any atom is -0.396 e. The molecule has 5 heteroatoms. The second-order valence-electron chi connectivity index (χ2n) is 5.08. The van der Waals surface area contributed by atoms with Gasteiger partial charge in [0.2, 0.25) is 0 Å². The Bertz CT molecular complexity index is 593. The van der Waals surface area contributed by atoms with Crippen LogP contribution in [0.4, 0.5) is 0 Å². The minimum atomic E-state index is 0.0434. The zero-order valence-electron chi connectivity index (χ0n) is 10.7.